The number of methoxy groups -OCH3 is 1. The molecule has 0 saturated carbocycles. The molecule has 1 fully saturated rings. The first-order valence-electron chi connectivity index (χ1n) is 12.3. The number of cyclic esters (lactones) is 1. The van der Waals surface area contributed by atoms with Crippen molar-refractivity contribution in [2.75, 3.05) is 26.7 Å². The van der Waals surface area contributed by atoms with E-state index >= 15 is 0 Å². The Morgan fingerprint density at radius 2 is 2.14 bits per heavy atom. The Morgan fingerprint density at radius 3 is 2.86 bits per heavy atom. The van der Waals surface area contributed by atoms with Crippen LogP contribution < -0.4 is 15.7 Å². The number of nitrogens with one attached hydrogen (secondary N) is 1. The predicted molar refractivity (Wildman–Crippen MR) is 136 cm³/mol. The summed E-state index contributed by atoms with van der Waals surface area (Å²) >= 11 is 0. The molecule has 1 aromatic carbocycles. The van der Waals surface area contributed by atoms with Gasteiger partial charge in [-0.3, -0.25) is 14.0 Å². The molecule has 0 bridgehead atoms. The number of piperazine rings is 1. The number of ether oxygens (including phenoxy) is 2. The summed E-state index contributed by atoms with van der Waals surface area (Å²) in [5, 5.41) is 12.9. The van der Waals surface area contributed by atoms with Crippen molar-refractivity contribution in [2.45, 2.75) is 46.0 Å². The van der Waals surface area contributed by atoms with Gasteiger partial charge in [-0.15, -0.1) is 0 Å². The van der Waals surface area contributed by atoms with Crippen LogP contribution in [0.5, 0.6) is 5.75 Å². The second-order valence-corrected chi connectivity index (χ2v) is 9.72. The Morgan fingerprint density at radius 1 is 1.32 bits per heavy atom. The molecule has 2 aliphatic heterocycles. The minimum absolute atomic E-state index is 0.0424. The maximum absolute atomic E-state index is 13.4. The van der Waals surface area contributed by atoms with Gasteiger partial charge in [-0.1, -0.05) is 6.07 Å². The van der Waals surface area contributed by atoms with Crippen LogP contribution in [0.4, 0.5) is 0 Å². The van der Waals surface area contributed by atoms with E-state index in [4.69, 9.17) is 9.47 Å². The van der Waals surface area contributed by atoms with Crippen LogP contribution in [-0.4, -0.2) is 51.7 Å². The first-order valence-corrected chi connectivity index (χ1v) is 12.3. The number of fused-ring (bicyclic) bond motifs is 1. The normalized spacial score (nSPS) is 17.5. The van der Waals surface area contributed by atoms with Crippen LogP contribution in [0.3, 0.4) is 0 Å². The summed E-state index contributed by atoms with van der Waals surface area (Å²) in [5.41, 5.74) is 4.89. The molecule has 1 saturated heterocycles. The molecule has 5 rings (SSSR count). The summed E-state index contributed by atoms with van der Waals surface area (Å²) in [6, 6.07) is 7.60. The lowest BCUT2D eigenvalue weighted by Gasteiger charge is -2.35. The average Bonchev–Trinajstić information content (AvgIpc) is 3.43. The van der Waals surface area contributed by atoms with Crippen molar-refractivity contribution in [3.05, 3.63) is 74.6 Å². The molecular weight excluding hydrogens is 472 g/mol. The Kier molecular flexibility index (Phi) is 6.58. The highest BCUT2D eigenvalue weighted by Gasteiger charge is 2.29. The standard InChI is InChI=1S/C27H30N6O4/c1-16(2)33-19(13-32(27(33)35)25-9-24(36-4)18(10-28)11-30-25)12-31-8-7-29-23(14-31)20-5-6-21-22(17(20)3)15-37-26(21)34/h5-6,9,11,13,16,23,29H,7-8,12,14-15H2,1-4H3/t23-/m0/s1. The average molecular weight is 503 g/mol. The van der Waals surface area contributed by atoms with E-state index in [9.17, 15) is 14.9 Å². The van der Waals surface area contributed by atoms with Crippen molar-refractivity contribution in [1.82, 2.24) is 24.3 Å². The second-order valence-electron chi connectivity index (χ2n) is 9.72. The molecule has 2 aromatic heterocycles. The van der Waals surface area contributed by atoms with Crippen LogP contribution in [0.15, 0.2) is 35.4 Å². The lowest BCUT2D eigenvalue weighted by molar-refractivity contribution is 0.0535. The summed E-state index contributed by atoms with van der Waals surface area (Å²) in [6.07, 6.45) is 3.25. The van der Waals surface area contributed by atoms with Crippen LogP contribution in [0.25, 0.3) is 5.82 Å². The molecule has 3 aromatic rings. The molecule has 4 heterocycles. The van der Waals surface area contributed by atoms with Crippen molar-refractivity contribution < 1.29 is 14.3 Å². The van der Waals surface area contributed by atoms with Gasteiger partial charge in [-0.2, -0.15) is 5.26 Å². The number of imidazole rings is 1. The van der Waals surface area contributed by atoms with Crippen LogP contribution in [-0.2, 0) is 17.9 Å². The van der Waals surface area contributed by atoms with E-state index in [2.05, 4.69) is 15.2 Å². The van der Waals surface area contributed by atoms with Crippen LogP contribution in [0.1, 0.15) is 64.2 Å². The van der Waals surface area contributed by atoms with Gasteiger partial charge >= 0.3 is 11.7 Å². The third-order valence-electron chi connectivity index (χ3n) is 7.18. The first kappa shape index (κ1) is 24.7. The second kappa shape index (κ2) is 9.84. The molecule has 0 spiro atoms. The number of nitriles is 1. The Balaban J connectivity index is 1.43. The minimum atomic E-state index is -0.256. The Bertz CT molecular complexity index is 1460. The van der Waals surface area contributed by atoms with Gasteiger partial charge in [-0.05, 0) is 38.0 Å². The fraction of sp³-hybridized carbons (Fsp3) is 0.407. The highest BCUT2D eigenvalue weighted by molar-refractivity contribution is 5.94. The lowest BCUT2D eigenvalue weighted by atomic mass is 9.93. The maximum atomic E-state index is 13.4. The number of hydrogen-bond acceptors (Lipinski definition) is 8. The number of hydrogen-bond donors (Lipinski definition) is 1. The number of carbonyl (C=O) groups excluding carboxylic acids is 1. The van der Waals surface area contributed by atoms with E-state index in [-0.39, 0.29) is 23.7 Å². The molecule has 0 aliphatic carbocycles. The number of nitrogens with zero attached hydrogens (tertiary/aromatic N) is 5. The Hall–Kier alpha value is -3.94. The first-order chi connectivity index (χ1) is 17.8. The zero-order valence-electron chi connectivity index (χ0n) is 21.4. The molecule has 0 unspecified atom stereocenters. The van der Waals surface area contributed by atoms with Gasteiger partial charge in [0.1, 0.15) is 29.8 Å². The quantitative estimate of drug-likeness (QED) is 0.512. The Labute approximate surface area is 215 Å². The number of aromatic nitrogens is 3. The third kappa shape index (κ3) is 4.41. The van der Waals surface area contributed by atoms with Crippen LogP contribution >= 0.6 is 0 Å². The molecule has 1 N–H and O–H groups in total. The third-order valence-corrected chi connectivity index (χ3v) is 7.18. The largest absolute Gasteiger partial charge is 0.495 e. The topological polar surface area (TPSA) is 114 Å². The van der Waals surface area contributed by atoms with E-state index in [0.29, 0.717) is 35.8 Å². The van der Waals surface area contributed by atoms with Crippen molar-refractivity contribution in [3.8, 4) is 17.6 Å². The number of rotatable bonds is 6. The van der Waals surface area contributed by atoms with Gasteiger partial charge in [0.25, 0.3) is 0 Å². The number of carbonyl (C=O) groups is 1. The van der Waals surface area contributed by atoms with Crippen molar-refractivity contribution in [1.29, 1.82) is 5.26 Å². The van der Waals surface area contributed by atoms with E-state index in [1.165, 1.54) is 17.9 Å². The van der Waals surface area contributed by atoms with Gasteiger partial charge in [0.15, 0.2) is 0 Å². The smallest absolute Gasteiger partial charge is 0.338 e. The summed E-state index contributed by atoms with van der Waals surface area (Å²) in [5.74, 6) is 0.527. The molecule has 1 atom stereocenters. The maximum Gasteiger partial charge on any atom is 0.338 e. The van der Waals surface area contributed by atoms with Gasteiger partial charge in [0.05, 0.1) is 24.6 Å². The molecule has 192 valence electrons. The molecule has 10 heteroatoms. The van der Waals surface area contributed by atoms with Crippen molar-refractivity contribution in [2.24, 2.45) is 0 Å². The van der Waals surface area contributed by atoms with E-state index < -0.39 is 0 Å². The summed E-state index contributed by atoms with van der Waals surface area (Å²) < 4.78 is 13.8. The monoisotopic (exact) mass is 502 g/mol. The molecule has 0 radical (unpaired) electrons. The van der Waals surface area contributed by atoms with E-state index in [0.717, 1.165) is 42.0 Å². The summed E-state index contributed by atoms with van der Waals surface area (Å²) in [4.78, 5) is 32.0. The van der Waals surface area contributed by atoms with Gasteiger partial charge in [0.2, 0.25) is 0 Å². The van der Waals surface area contributed by atoms with E-state index in [1.807, 2.05) is 45.2 Å². The number of esters is 1. The van der Waals surface area contributed by atoms with Gasteiger partial charge in [-0.25, -0.2) is 14.6 Å². The molecular formula is C27H30N6O4. The summed E-state index contributed by atoms with van der Waals surface area (Å²) in [6.45, 7) is 9.34. The van der Waals surface area contributed by atoms with Crippen molar-refractivity contribution in [3.63, 3.8) is 0 Å². The van der Waals surface area contributed by atoms with Crippen molar-refractivity contribution >= 4 is 5.97 Å². The highest BCUT2D eigenvalue weighted by atomic mass is 16.5. The number of benzene rings is 1. The number of pyridine rings is 1. The van der Waals surface area contributed by atoms with Gasteiger partial charge in [0, 0.05) is 56.1 Å². The SMILES string of the molecule is COc1cc(-n2cc(CN3CCN[C@H](c4ccc5c(c4C)COC5=O)C3)n(C(C)C)c2=O)ncc1C#N. The van der Waals surface area contributed by atoms with E-state index in [1.54, 1.807) is 10.6 Å². The molecule has 0 amide bonds. The molecule has 10 nitrogen and oxygen atoms in total. The molecule has 2 aliphatic rings. The fourth-order valence-electron chi connectivity index (χ4n) is 5.29. The zero-order chi connectivity index (χ0) is 26.3. The lowest BCUT2D eigenvalue weighted by Crippen LogP contribution is -2.46. The minimum Gasteiger partial charge on any atom is -0.495 e. The summed E-state index contributed by atoms with van der Waals surface area (Å²) in [7, 11) is 1.49. The fourth-order valence-corrected chi connectivity index (χ4v) is 5.29. The zero-order valence-corrected chi connectivity index (χ0v) is 21.4. The van der Waals surface area contributed by atoms with Crippen LogP contribution in [0.2, 0.25) is 0 Å². The molecule has 37 heavy (non-hydrogen) atoms. The predicted octanol–water partition coefficient (Wildman–Crippen LogP) is 2.62. The highest BCUT2D eigenvalue weighted by Crippen LogP contribution is 2.30. The van der Waals surface area contributed by atoms with Gasteiger partial charge < -0.3 is 14.8 Å². The van der Waals surface area contributed by atoms with Crippen LogP contribution in [0, 0.1) is 18.3 Å².